The summed E-state index contributed by atoms with van der Waals surface area (Å²) in [7, 11) is 1.06. The minimum Gasteiger partial charge on any atom is -0.504 e. The van der Waals surface area contributed by atoms with Crippen LogP contribution in [0.25, 0.3) is 0 Å². The summed E-state index contributed by atoms with van der Waals surface area (Å²) >= 11 is 5.48. The molecule has 1 aliphatic carbocycles. The van der Waals surface area contributed by atoms with Gasteiger partial charge in [0.1, 0.15) is 10.4 Å². The predicted octanol–water partition coefficient (Wildman–Crippen LogP) is -8.94. The molecule has 20 nitrogen and oxygen atoms in total. The van der Waals surface area contributed by atoms with Gasteiger partial charge in [0.2, 0.25) is 17.4 Å². The van der Waals surface area contributed by atoms with E-state index in [9.17, 15) is 97.0 Å². The molecule has 0 saturated heterocycles. The monoisotopic (exact) mass is 583 g/mol. The van der Waals surface area contributed by atoms with Crippen molar-refractivity contribution in [1.29, 1.82) is 0 Å². The number of hydrogen-bond acceptors (Lipinski definition) is 20. The molecule has 1 atom stereocenters. The Bertz CT molecular complexity index is 1060. The molecule has 0 heterocycles. The van der Waals surface area contributed by atoms with Gasteiger partial charge in [0, 0.05) is 0 Å². The zero-order valence-corrected chi connectivity index (χ0v) is 19.7. The van der Waals surface area contributed by atoms with Crippen molar-refractivity contribution in [1.82, 2.24) is 4.90 Å². The van der Waals surface area contributed by atoms with Gasteiger partial charge in [-0.05, 0) is 14.1 Å². The molecule has 0 aliphatic heterocycles. The maximum absolute atomic E-state index is 10.9. The number of likely N-dealkylation sites (N-methyl/N-ethyl adjacent to an activating group) is 1. The van der Waals surface area contributed by atoms with E-state index in [2.05, 4.69) is 0 Å². The van der Waals surface area contributed by atoms with Gasteiger partial charge in [0.05, 0.1) is 11.6 Å². The van der Waals surface area contributed by atoms with E-state index in [4.69, 9.17) is 11.6 Å². The van der Waals surface area contributed by atoms with Gasteiger partial charge in [0.15, 0.2) is 23.0 Å². The second-order valence-electron chi connectivity index (χ2n) is 8.98. The van der Waals surface area contributed by atoms with Crippen LogP contribution in [0.2, 0.25) is 5.02 Å². The Morgan fingerprint density at radius 3 is 1.18 bits per heavy atom. The molecule has 21 heteroatoms. The van der Waals surface area contributed by atoms with Gasteiger partial charge in [-0.25, -0.2) is 0 Å². The zero-order chi connectivity index (χ0) is 30.6. The Morgan fingerprint density at radius 2 is 0.921 bits per heavy atom. The molecule has 0 bridgehead atoms. The van der Waals surface area contributed by atoms with Crippen molar-refractivity contribution < 1.29 is 97.0 Å². The number of aromatic hydroxyl groups is 4. The van der Waals surface area contributed by atoms with E-state index >= 15 is 0 Å². The third kappa shape index (κ3) is 3.25. The first-order valence-electron chi connectivity index (χ1n) is 9.67. The summed E-state index contributed by atoms with van der Waals surface area (Å²) in [6, 6.07) is -3.69. The number of aliphatic hydroxyl groups is 15. The molecule has 19 N–H and O–H groups in total. The highest BCUT2D eigenvalue weighted by Crippen LogP contribution is 2.70. The Kier molecular flexibility index (Phi) is 7.04. The van der Waals surface area contributed by atoms with Crippen LogP contribution >= 0.6 is 11.6 Å². The number of phenols is 4. The highest BCUT2D eigenvalue weighted by Gasteiger charge is 2.96. The van der Waals surface area contributed by atoms with E-state index in [1.807, 2.05) is 0 Å². The quantitative estimate of drug-likeness (QED) is 0.0803. The first kappa shape index (κ1) is 32.3. The average molecular weight is 584 g/mol. The second kappa shape index (κ2) is 8.29. The first-order chi connectivity index (χ1) is 16.5. The molecule has 1 saturated carbocycles. The lowest BCUT2D eigenvalue weighted by Crippen LogP contribution is -3.00. The lowest BCUT2D eigenvalue weighted by atomic mass is 9.44. The van der Waals surface area contributed by atoms with E-state index in [0.29, 0.717) is 14.1 Å². The van der Waals surface area contributed by atoms with Gasteiger partial charge >= 0.3 is 11.9 Å². The maximum Gasteiger partial charge on any atom is 0.320 e. The molecule has 0 spiro atoms. The molecule has 1 aromatic carbocycles. The molecule has 0 radical (unpaired) electrons. The fourth-order valence-electron chi connectivity index (χ4n) is 4.85. The van der Waals surface area contributed by atoms with Crippen molar-refractivity contribution in [3.63, 3.8) is 0 Å². The van der Waals surface area contributed by atoms with Crippen LogP contribution in [0.15, 0.2) is 0 Å². The largest absolute Gasteiger partial charge is 0.504 e. The number of benzene rings is 1. The lowest BCUT2D eigenvalue weighted by Gasteiger charge is -2.71. The van der Waals surface area contributed by atoms with Crippen LogP contribution in [0.5, 0.6) is 23.0 Å². The van der Waals surface area contributed by atoms with E-state index in [0.717, 1.165) is 0 Å². The summed E-state index contributed by atoms with van der Waals surface area (Å²) in [5, 5.41) is 192. The van der Waals surface area contributed by atoms with Gasteiger partial charge < -0.3 is 102 Å². The number of halogens is 1. The highest BCUT2D eigenvalue weighted by molar-refractivity contribution is 6.34. The van der Waals surface area contributed by atoms with Gasteiger partial charge in [-0.3, -0.25) is 0 Å². The Labute approximate surface area is 214 Å². The summed E-state index contributed by atoms with van der Waals surface area (Å²) in [5.41, 5.74) is -12.1. The van der Waals surface area contributed by atoms with Crippen LogP contribution in [-0.2, 0) is 5.41 Å². The van der Waals surface area contributed by atoms with Crippen molar-refractivity contribution in [2.24, 2.45) is 0 Å². The van der Waals surface area contributed by atoms with Crippen molar-refractivity contribution in [3.05, 3.63) is 10.6 Å². The number of nitrogens with zero attached hydrogens (tertiary/aromatic N) is 1. The van der Waals surface area contributed by atoms with E-state index < -0.39 is 85.7 Å². The van der Waals surface area contributed by atoms with Gasteiger partial charge in [-0.2, -0.15) is 0 Å². The summed E-state index contributed by atoms with van der Waals surface area (Å²) in [6.07, 6.45) is 0. The third-order valence-corrected chi connectivity index (χ3v) is 6.97. The highest BCUT2D eigenvalue weighted by atomic mass is 35.5. The van der Waals surface area contributed by atoms with E-state index in [1.54, 1.807) is 0 Å². The Balaban J connectivity index is 3.34. The van der Waals surface area contributed by atoms with Crippen molar-refractivity contribution in [2.45, 2.75) is 52.2 Å². The topological polar surface area (TPSA) is 388 Å². The summed E-state index contributed by atoms with van der Waals surface area (Å²) < 4.78 is 0. The minimum absolute atomic E-state index is 0.0294. The van der Waals surface area contributed by atoms with E-state index in [-0.39, 0.29) is 4.90 Å². The second-order valence-corrected chi connectivity index (χ2v) is 9.36. The Hall–Kier alpha value is -1.93. The molecule has 220 valence electrons. The molecule has 0 aromatic heterocycles. The summed E-state index contributed by atoms with van der Waals surface area (Å²) in [6.45, 7) is 0. The number of hydrogen-bond donors (Lipinski definition) is 19. The van der Waals surface area contributed by atoms with Crippen LogP contribution in [-0.4, -0.2) is 163 Å². The zero-order valence-electron chi connectivity index (χ0n) is 18.9. The van der Waals surface area contributed by atoms with Crippen LogP contribution < -0.4 is 0 Å². The molecule has 1 aliphatic rings. The van der Waals surface area contributed by atoms with Crippen molar-refractivity contribution in [3.8, 4) is 23.0 Å². The molecular formula is C17H26ClNO19. The standard InChI is InChI=1S/C17H26ClNO19/c1-19(2)9(11(24,25)12(26,16(33,34)35)17(36,37)38)10(13(27,28)15(31,32)14(10,29)30)3-5(20)7(22)4(18)8(23)6(3)21/h9,20-38H,1-2H3. The van der Waals surface area contributed by atoms with Crippen LogP contribution in [0.3, 0.4) is 0 Å². The molecule has 1 unspecified atom stereocenters. The molecule has 1 fully saturated rings. The van der Waals surface area contributed by atoms with Gasteiger partial charge in [-0.1, -0.05) is 11.6 Å². The maximum atomic E-state index is 10.9. The first-order valence-corrected chi connectivity index (χ1v) is 10.0. The van der Waals surface area contributed by atoms with Gasteiger partial charge in [-0.15, -0.1) is 0 Å². The fraction of sp³-hybridized carbons (Fsp3) is 0.647. The Morgan fingerprint density at radius 1 is 0.605 bits per heavy atom. The lowest BCUT2D eigenvalue weighted by molar-refractivity contribution is -0.593. The predicted molar refractivity (Wildman–Crippen MR) is 110 cm³/mol. The van der Waals surface area contributed by atoms with Crippen LogP contribution in [0, 0.1) is 0 Å². The molecule has 2 rings (SSSR count). The summed E-state index contributed by atoms with van der Waals surface area (Å²) in [5.74, 6) is -37.7. The van der Waals surface area contributed by atoms with Gasteiger partial charge in [0.25, 0.3) is 11.4 Å². The number of rotatable bonds is 7. The van der Waals surface area contributed by atoms with Crippen LogP contribution in [0.1, 0.15) is 5.56 Å². The average Bonchev–Trinajstić information content (AvgIpc) is 2.71. The summed E-state index contributed by atoms with van der Waals surface area (Å²) in [4.78, 5) is 0.0294. The minimum atomic E-state index is -5.44. The van der Waals surface area contributed by atoms with Crippen molar-refractivity contribution >= 4 is 11.6 Å². The fourth-order valence-corrected chi connectivity index (χ4v) is 5.03. The van der Waals surface area contributed by atoms with E-state index in [1.165, 1.54) is 0 Å². The molecule has 38 heavy (non-hydrogen) atoms. The SMILES string of the molecule is CN(C)C(C(O)(O)C(O)(C(O)(O)O)C(O)(O)O)C1(c2c(O)c(O)c(Cl)c(O)c2O)C(O)(O)C(O)(O)C1(O)O. The molecule has 0 amide bonds. The normalized spacial score (nSPS) is 21.8. The smallest absolute Gasteiger partial charge is 0.320 e. The molecule has 1 aromatic rings. The van der Waals surface area contributed by atoms with Crippen LogP contribution in [0.4, 0.5) is 0 Å². The van der Waals surface area contributed by atoms with Crippen molar-refractivity contribution in [2.75, 3.05) is 14.1 Å². The third-order valence-electron chi connectivity index (χ3n) is 6.62. The molecular weight excluding hydrogens is 558 g/mol. The number of phenolic OH excluding ortho intramolecular Hbond substituents is 4.